The maximum absolute atomic E-state index is 11.1. The van der Waals surface area contributed by atoms with Crippen molar-refractivity contribution in [3.8, 4) is 0 Å². The van der Waals surface area contributed by atoms with Gasteiger partial charge in [-0.2, -0.15) is 0 Å². The lowest BCUT2D eigenvalue weighted by molar-refractivity contribution is -0.148. The second-order valence-electron chi connectivity index (χ2n) is 2.85. The predicted octanol–water partition coefficient (Wildman–Crippen LogP) is 1.49. The van der Waals surface area contributed by atoms with Crippen LogP contribution in [0.15, 0.2) is 0 Å². The molecule has 1 N–H and O–H groups in total. The zero-order chi connectivity index (χ0) is 9.99. The van der Waals surface area contributed by atoms with Crippen LogP contribution in [-0.4, -0.2) is 27.6 Å². The summed E-state index contributed by atoms with van der Waals surface area (Å²) in [5.41, 5.74) is -1.53. The van der Waals surface area contributed by atoms with E-state index in [1.807, 2.05) is 0 Å². The summed E-state index contributed by atoms with van der Waals surface area (Å²) in [6.07, 6.45) is 0. The van der Waals surface area contributed by atoms with E-state index in [1.165, 1.54) is 13.8 Å². The first-order chi connectivity index (χ1) is 5.23. The second kappa shape index (κ2) is 3.81. The number of carbonyl (C=O) groups excluding carboxylic acids is 1. The molecule has 0 bridgehead atoms. The van der Waals surface area contributed by atoms with Crippen LogP contribution in [0.2, 0.25) is 0 Å². The van der Waals surface area contributed by atoms with Gasteiger partial charge in [-0.25, -0.2) is 4.79 Å². The minimum Gasteiger partial charge on any atom is -0.464 e. The Kier molecular flexibility index (Phi) is 3.82. The summed E-state index contributed by atoms with van der Waals surface area (Å²) >= 11 is 11.2. The number of esters is 1. The molecule has 0 aliphatic heterocycles. The molecule has 0 fully saturated rings. The fourth-order valence-electron chi connectivity index (χ4n) is 0.472. The monoisotopic (exact) mass is 214 g/mol. The maximum atomic E-state index is 11.1. The molecule has 0 aliphatic carbocycles. The van der Waals surface area contributed by atoms with Gasteiger partial charge in [-0.15, -0.1) is 0 Å². The van der Waals surface area contributed by atoms with Gasteiger partial charge in [0.1, 0.15) is 5.60 Å². The van der Waals surface area contributed by atoms with E-state index in [0.29, 0.717) is 0 Å². The summed E-state index contributed by atoms with van der Waals surface area (Å²) in [5.74, 6) is -0.833. The van der Waals surface area contributed by atoms with E-state index in [1.54, 1.807) is 6.92 Å². The van der Waals surface area contributed by atoms with Crippen LogP contribution in [0.1, 0.15) is 20.8 Å². The number of carbonyl (C=O) groups is 1. The molecule has 0 saturated heterocycles. The number of rotatable bonds is 3. The lowest BCUT2D eigenvalue weighted by Gasteiger charge is -2.29. The largest absolute Gasteiger partial charge is 0.464 e. The van der Waals surface area contributed by atoms with E-state index in [9.17, 15) is 9.90 Å². The Bertz CT molecular complexity index is 172. The van der Waals surface area contributed by atoms with Crippen LogP contribution in [0.25, 0.3) is 0 Å². The quantitative estimate of drug-likeness (QED) is 0.573. The van der Waals surface area contributed by atoms with Gasteiger partial charge in [-0.1, -0.05) is 23.2 Å². The van der Waals surface area contributed by atoms with Crippen LogP contribution in [-0.2, 0) is 9.53 Å². The minimum absolute atomic E-state index is 0.177. The SMILES string of the molecule is CCOC(=O)C(Cl)(Cl)C(C)(C)O. The molecule has 0 aromatic carbocycles. The van der Waals surface area contributed by atoms with Crippen molar-refractivity contribution in [1.29, 1.82) is 0 Å². The van der Waals surface area contributed by atoms with E-state index in [4.69, 9.17) is 23.2 Å². The van der Waals surface area contributed by atoms with Gasteiger partial charge in [-0.05, 0) is 20.8 Å². The summed E-state index contributed by atoms with van der Waals surface area (Å²) in [6, 6.07) is 0. The van der Waals surface area contributed by atoms with Crippen LogP contribution in [0.5, 0.6) is 0 Å². The highest BCUT2D eigenvalue weighted by Gasteiger charge is 2.49. The van der Waals surface area contributed by atoms with Gasteiger partial charge in [-0.3, -0.25) is 0 Å². The van der Waals surface area contributed by atoms with Gasteiger partial charge in [0, 0.05) is 0 Å². The summed E-state index contributed by atoms with van der Waals surface area (Å²) in [4.78, 5) is 11.1. The van der Waals surface area contributed by atoms with Crippen molar-refractivity contribution in [3.05, 3.63) is 0 Å². The molecule has 0 aliphatic rings. The van der Waals surface area contributed by atoms with Gasteiger partial charge in [0.05, 0.1) is 6.61 Å². The van der Waals surface area contributed by atoms with Crippen molar-refractivity contribution in [2.75, 3.05) is 6.61 Å². The molecule has 0 atom stereocenters. The Balaban J connectivity index is 4.50. The number of ether oxygens (including phenoxy) is 1. The summed E-state index contributed by atoms with van der Waals surface area (Å²) in [6.45, 7) is 4.48. The van der Waals surface area contributed by atoms with Crippen molar-refractivity contribution < 1.29 is 14.6 Å². The average molecular weight is 215 g/mol. The summed E-state index contributed by atoms with van der Waals surface area (Å²) in [7, 11) is 0. The van der Waals surface area contributed by atoms with Crippen LogP contribution in [0, 0.1) is 0 Å². The predicted molar refractivity (Wildman–Crippen MR) is 47.4 cm³/mol. The van der Waals surface area contributed by atoms with Gasteiger partial charge >= 0.3 is 5.97 Å². The van der Waals surface area contributed by atoms with Gasteiger partial charge in [0.25, 0.3) is 0 Å². The summed E-state index contributed by atoms with van der Waals surface area (Å²) in [5, 5.41) is 9.38. The molecule has 0 radical (unpaired) electrons. The first-order valence-electron chi connectivity index (χ1n) is 3.51. The van der Waals surface area contributed by atoms with Crippen LogP contribution < -0.4 is 0 Å². The van der Waals surface area contributed by atoms with Gasteiger partial charge in [0.15, 0.2) is 0 Å². The Morgan fingerprint density at radius 3 is 2.17 bits per heavy atom. The van der Waals surface area contributed by atoms with E-state index < -0.39 is 15.9 Å². The molecule has 0 spiro atoms. The average Bonchev–Trinajstić information content (AvgIpc) is 1.85. The molecule has 0 rings (SSSR count). The van der Waals surface area contributed by atoms with E-state index in [2.05, 4.69) is 4.74 Å². The lowest BCUT2D eigenvalue weighted by atomic mass is 10.1. The third-order valence-corrected chi connectivity index (χ3v) is 2.53. The molecule has 0 amide bonds. The summed E-state index contributed by atoms with van der Waals surface area (Å²) < 4.78 is 2.66. The third-order valence-electron chi connectivity index (χ3n) is 1.30. The number of halogens is 2. The Morgan fingerprint density at radius 1 is 1.50 bits per heavy atom. The van der Waals surface area contributed by atoms with Crippen molar-refractivity contribution in [2.45, 2.75) is 30.7 Å². The topological polar surface area (TPSA) is 46.5 Å². The normalized spacial score (nSPS) is 12.8. The molecule has 0 saturated carbocycles. The van der Waals surface area contributed by atoms with E-state index >= 15 is 0 Å². The molecular formula is C7H12Cl2O3. The molecule has 0 aromatic rings. The Labute approximate surface area is 81.6 Å². The zero-order valence-electron chi connectivity index (χ0n) is 7.23. The zero-order valence-corrected chi connectivity index (χ0v) is 8.74. The van der Waals surface area contributed by atoms with Crippen LogP contribution in [0.3, 0.4) is 0 Å². The van der Waals surface area contributed by atoms with Gasteiger partial charge < -0.3 is 9.84 Å². The van der Waals surface area contributed by atoms with Gasteiger partial charge in [0.2, 0.25) is 4.33 Å². The standard InChI is InChI=1S/C7H12Cl2O3/c1-4-12-5(10)7(8,9)6(2,3)11/h11H,4H2,1-3H3. The molecule has 3 nitrogen and oxygen atoms in total. The molecular weight excluding hydrogens is 203 g/mol. The highest BCUT2D eigenvalue weighted by Crippen LogP contribution is 2.34. The number of hydrogen-bond donors (Lipinski definition) is 1. The van der Waals surface area contributed by atoms with Crippen molar-refractivity contribution in [1.82, 2.24) is 0 Å². The number of alkyl halides is 2. The van der Waals surface area contributed by atoms with Crippen molar-refractivity contribution in [2.24, 2.45) is 0 Å². The van der Waals surface area contributed by atoms with E-state index in [0.717, 1.165) is 0 Å². The number of hydrogen-bond acceptors (Lipinski definition) is 3. The second-order valence-corrected chi connectivity index (χ2v) is 4.18. The molecule has 0 heterocycles. The molecule has 72 valence electrons. The molecule has 0 aromatic heterocycles. The van der Waals surface area contributed by atoms with Crippen molar-refractivity contribution in [3.63, 3.8) is 0 Å². The minimum atomic E-state index is -1.91. The third kappa shape index (κ3) is 2.51. The fraction of sp³-hybridized carbons (Fsp3) is 0.857. The Morgan fingerprint density at radius 2 is 1.92 bits per heavy atom. The first kappa shape index (κ1) is 12.0. The lowest BCUT2D eigenvalue weighted by Crippen LogP contribution is -2.48. The molecule has 5 heteroatoms. The van der Waals surface area contributed by atoms with Crippen LogP contribution in [0.4, 0.5) is 0 Å². The Hall–Kier alpha value is 0.01000. The van der Waals surface area contributed by atoms with Crippen LogP contribution >= 0.6 is 23.2 Å². The van der Waals surface area contributed by atoms with E-state index in [-0.39, 0.29) is 6.61 Å². The van der Waals surface area contributed by atoms with Crippen molar-refractivity contribution >= 4 is 29.2 Å². The molecule has 0 unspecified atom stereocenters. The fourth-order valence-corrected chi connectivity index (χ4v) is 0.581. The molecule has 12 heavy (non-hydrogen) atoms. The smallest absolute Gasteiger partial charge is 0.345 e. The first-order valence-corrected chi connectivity index (χ1v) is 4.26. The highest BCUT2D eigenvalue weighted by molar-refractivity contribution is 6.58. The number of aliphatic hydroxyl groups is 1. The highest BCUT2D eigenvalue weighted by atomic mass is 35.5. The maximum Gasteiger partial charge on any atom is 0.345 e.